The molecule has 2 amide bonds. The number of carbonyl (C=O) groups excluding carboxylic acids is 2. The van der Waals surface area contributed by atoms with Crippen molar-refractivity contribution in [2.75, 3.05) is 0 Å². The van der Waals surface area contributed by atoms with Gasteiger partial charge in [0.2, 0.25) is 5.91 Å². The maximum atomic E-state index is 12.9. The lowest BCUT2D eigenvalue weighted by atomic mass is 9.73. The van der Waals surface area contributed by atoms with Crippen molar-refractivity contribution in [2.45, 2.75) is 129 Å². The fraction of sp³-hybridized carbons (Fsp3) is 0.742. The van der Waals surface area contributed by atoms with Gasteiger partial charge in [-0.2, -0.15) is 5.26 Å². The number of likely N-dealkylation sites (tertiary alicyclic amines) is 1. The van der Waals surface area contributed by atoms with Crippen LogP contribution < -0.4 is 11.1 Å². The van der Waals surface area contributed by atoms with Crippen molar-refractivity contribution in [3.63, 3.8) is 0 Å². The van der Waals surface area contributed by atoms with Crippen LogP contribution in [0.3, 0.4) is 0 Å². The largest absolute Gasteiger partial charge is 0.480 e. The van der Waals surface area contributed by atoms with Crippen LogP contribution in [0, 0.1) is 28.1 Å². The van der Waals surface area contributed by atoms with E-state index in [1.807, 2.05) is 13.8 Å². The predicted molar refractivity (Wildman–Crippen MR) is 153 cm³/mol. The minimum Gasteiger partial charge on any atom is -0.480 e. The van der Waals surface area contributed by atoms with Crippen molar-refractivity contribution < 1.29 is 24.2 Å². The lowest BCUT2D eigenvalue weighted by Crippen LogP contribution is -2.54. The van der Waals surface area contributed by atoms with E-state index in [1.165, 1.54) is 0 Å². The van der Waals surface area contributed by atoms with Crippen molar-refractivity contribution in [1.82, 2.24) is 10.2 Å². The number of piperidine rings is 1. The Hall–Kier alpha value is -2.86. The summed E-state index contributed by atoms with van der Waals surface area (Å²) < 4.78 is 5.16. The van der Waals surface area contributed by atoms with E-state index in [2.05, 4.69) is 24.5 Å². The minimum absolute atomic E-state index is 0.0218. The standard InChI is InChI=1S/C16H23N3O.C15H25NO4/c1-10(2)16(5-3-4-6-16)14(18)15(20)19-12(9-17)7-11-8-13(11)19;1-10(2)15(8-6-7-9-15)11(12(17)18)16-13(19)20-14(3,4)5/h11-14H,1,3-8,18H2,2H3;11H,1,6-9H2,2-5H3,(H,16,19)(H,17,18)/t11-,12+,13+,14-;/m1./s1. The zero-order chi connectivity index (χ0) is 30.0. The van der Waals surface area contributed by atoms with Gasteiger partial charge in [0, 0.05) is 16.9 Å². The predicted octanol–water partition coefficient (Wildman–Crippen LogP) is 5.06. The number of hydrogen-bond acceptors (Lipinski definition) is 6. The number of hydrogen-bond donors (Lipinski definition) is 3. The highest BCUT2D eigenvalue weighted by molar-refractivity contribution is 5.85. The fourth-order valence-corrected chi connectivity index (χ4v) is 7.12. The molecular weight excluding hydrogens is 508 g/mol. The highest BCUT2D eigenvalue weighted by Crippen LogP contribution is 2.51. The number of aliphatic carboxylic acids is 1. The van der Waals surface area contributed by atoms with Crippen molar-refractivity contribution >= 4 is 18.0 Å². The molecule has 9 nitrogen and oxygen atoms in total. The van der Waals surface area contributed by atoms with Crippen LogP contribution in [0.25, 0.3) is 0 Å². The summed E-state index contributed by atoms with van der Waals surface area (Å²) in [4.78, 5) is 38.1. The van der Waals surface area contributed by atoms with Gasteiger partial charge in [0.05, 0.1) is 12.1 Å². The highest BCUT2D eigenvalue weighted by Gasteiger charge is 2.57. The molecule has 0 bridgehead atoms. The van der Waals surface area contributed by atoms with Crippen LogP contribution in [0.4, 0.5) is 4.79 Å². The van der Waals surface area contributed by atoms with Crippen LogP contribution in [-0.2, 0) is 14.3 Å². The third kappa shape index (κ3) is 6.38. The second-order valence-corrected chi connectivity index (χ2v) is 13.4. The van der Waals surface area contributed by atoms with Gasteiger partial charge in [0.15, 0.2) is 0 Å². The Labute approximate surface area is 239 Å². The van der Waals surface area contributed by atoms with Crippen LogP contribution in [0.15, 0.2) is 24.3 Å². The van der Waals surface area contributed by atoms with Crippen LogP contribution in [0.1, 0.15) is 98.8 Å². The molecule has 1 aliphatic heterocycles. The summed E-state index contributed by atoms with van der Waals surface area (Å²) >= 11 is 0. The number of amides is 2. The number of nitrogens with two attached hydrogens (primary N) is 1. The summed E-state index contributed by atoms with van der Waals surface area (Å²) in [5.41, 5.74) is 6.74. The highest BCUT2D eigenvalue weighted by atomic mass is 16.6. The Morgan fingerprint density at radius 1 is 1.02 bits per heavy atom. The maximum absolute atomic E-state index is 12.9. The zero-order valence-corrected chi connectivity index (χ0v) is 24.9. The van der Waals surface area contributed by atoms with E-state index in [0.29, 0.717) is 5.92 Å². The molecule has 0 spiro atoms. The number of nitrogens with zero attached hydrogens (tertiary/aromatic N) is 2. The smallest absolute Gasteiger partial charge is 0.408 e. The molecule has 1 saturated heterocycles. The molecule has 3 saturated carbocycles. The maximum Gasteiger partial charge on any atom is 0.408 e. The van der Waals surface area contributed by atoms with Gasteiger partial charge in [-0.3, -0.25) is 4.79 Å². The van der Waals surface area contributed by atoms with E-state index in [9.17, 15) is 24.8 Å². The van der Waals surface area contributed by atoms with Gasteiger partial charge in [-0.1, -0.05) is 50.0 Å². The molecule has 9 heteroatoms. The van der Waals surface area contributed by atoms with Crippen molar-refractivity contribution in [1.29, 1.82) is 5.26 Å². The zero-order valence-electron chi connectivity index (χ0n) is 24.9. The molecule has 0 aromatic rings. The van der Waals surface area contributed by atoms with Crippen molar-refractivity contribution in [3.8, 4) is 6.07 Å². The Morgan fingerprint density at radius 2 is 1.52 bits per heavy atom. The van der Waals surface area contributed by atoms with Gasteiger partial charge in [-0.15, -0.1) is 0 Å². The molecule has 4 rings (SSSR count). The first-order valence-corrected chi connectivity index (χ1v) is 14.6. The molecule has 0 aromatic heterocycles. The monoisotopic (exact) mass is 556 g/mol. The van der Waals surface area contributed by atoms with E-state index in [4.69, 9.17) is 10.5 Å². The number of carboxylic acid groups (broad SMARTS) is 1. The number of nitrogens with one attached hydrogen (secondary N) is 1. The number of carboxylic acids is 1. The third-order valence-corrected chi connectivity index (χ3v) is 9.52. The lowest BCUT2D eigenvalue weighted by molar-refractivity contribution is -0.142. The number of nitriles is 1. The quantitative estimate of drug-likeness (QED) is 0.371. The SMILES string of the molecule is C=C(C)C1(C(NC(=O)OC(C)(C)C)C(=O)O)CCCC1.C=C(C)C1([C@H](N)C(=O)N2[C@H](C#N)C[C@@H]3C[C@@H]32)CCCC1. The molecule has 5 atom stereocenters. The number of alkyl carbamates (subject to hydrolysis) is 1. The summed E-state index contributed by atoms with van der Waals surface area (Å²) in [7, 11) is 0. The van der Waals surface area contributed by atoms with Gasteiger partial charge in [0.1, 0.15) is 17.7 Å². The number of fused-ring (bicyclic) bond motifs is 1. The molecule has 1 unspecified atom stereocenters. The normalized spacial score (nSPS) is 27.2. The van der Waals surface area contributed by atoms with Crippen molar-refractivity contribution in [2.24, 2.45) is 22.5 Å². The second-order valence-electron chi connectivity index (χ2n) is 13.4. The van der Waals surface area contributed by atoms with E-state index in [-0.39, 0.29) is 23.4 Å². The summed E-state index contributed by atoms with van der Waals surface area (Å²) in [6.45, 7) is 17.1. The van der Waals surface area contributed by atoms with Crippen LogP contribution in [0.2, 0.25) is 0 Å². The van der Waals surface area contributed by atoms with E-state index in [1.54, 1.807) is 25.7 Å². The Morgan fingerprint density at radius 3 is 1.95 bits per heavy atom. The molecule has 4 N–H and O–H groups in total. The molecule has 222 valence electrons. The number of rotatable bonds is 7. The Kier molecular flexibility index (Phi) is 9.45. The van der Waals surface area contributed by atoms with E-state index >= 15 is 0 Å². The third-order valence-electron chi connectivity index (χ3n) is 9.52. The van der Waals surface area contributed by atoms with Crippen LogP contribution in [0.5, 0.6) is 0 Å². The number of ether oxygens (including phenoxy) is 1. The average molecular weight is 557 g/mol. The van der Waals surface area contributed by atoms with Crippen molar-refractivity contribution in [3.05, 3.63) is 24.3 Å². The van der Waals surface area contributed by atoms with E-state index < -0.39 is 35.2 Å². The molecule has 0 aromatic carbocycles. The van der Waals surface area contributed by atoms with Gasteiger partial charge < -0.3 is 25.8 Å². The first kappa shape index (κ1) is 31.7. The van der Waals surface area contributed by atoms with Gasteiger partial charge in [0.25, 0.3) is 0 Å². The van der Waals surface area contributed by atoms with Crippen LogP contribution in [-0.4, -0.2) is 57.7 Å². The molecular formula is C31H48N4O5. The van der Waals surface area contributed by atoms with E-state index in [0.717, 1.165) is 75.4 Å². The average Bonchev–Trinajstić information content (AvgIpc) is 3.28. The minimum atomic E-state index is -1.04. The Balaban J connectivity index is 0.000000220. The summed E-state index contributed by atoms with van der Waals surface area (Å²) in [5.74, 6) is -0.521. The second kappa shape index (κ2) is 11.9. The fourth-order valence-electron chi connectivity index (χ4n) is 7.12. The topological polar surface area (TPSA) is 146 Å². The molecule has 40 heavy (non-hydrogen) atoms. The molecule has 1 heterocycles. The first-order chi connectivity index (χ1) is 18.6. The summed E-state index contributed by atoms with van der Waals surface area (Å²) in [6.07, 6.45) is 8.68. The summed E-state index contributed by atoms with van der Waals surface area (Å²) in [5, 5.41) is 21.2. The van der Waals surface area contributed by atoms with Crippen LogP contribution >= 0.6 is 0 Å². The Bertz CT molecular complexity index is 1060. The van der Waals surface area contributed by atoms with Gasteiger partial charge in [-0.05, 0) is 79.1 Å². The molecule has 4 fully saturated rings. The lowest BCUT2D eigenvalue weighted by Gasteiger charge is -2.38. The van der Waals surface area contributed by atoms with Gasteiger partial charge in [-0.25, -0.2) is 9.59 Å². The molecule has 0 radical (unpaired) electrons. The molecule has 3 aliphatic carbocycles. The number of carbonyl (C=O) groups is 3. The van der Waals surface area contributed by atoms with Gasteiger partial charge >= 0.3 is 12.1 Å². The first-order valence-electron chi connectivity index (χ1n) is 14.6. The molecule has 4 aliphatic rings. The summed E-state index contributed by atoms with van der Waals surface area (Å²) in [6, 6.07) is 0.768.